The zero-order chi connectivity index (χ0) is 18.9. The number of benzene rings is 2. The van der Waals surface area contributed by atoms with Gasteiger partial charge in [-0.05, 0) is 31.2 Å². The summed E-state index contributed by atoms with van der Waals surface area (Å²) in [5.74, 6) is 0.438. The van der Waals surface area contributed by atoms with Gasteiger partial charge in [-0.15, -0.1) is 0 Å². The van der Waals surface area contributed by atoms with Gasteiger partial charge in [0, 0.05) is 6.07 Å². The lowest BCUT2D eigenvalue weighted by molar-refractivity contribution is -0.384. The molecule has 2 aromatic carbocycles. The third kappa shape index (κ3) is 3.48. The van der Waals surface area contributed by atoms with E-state index < -0.39 is 22.4 Å². The Balaban J connectivity index is 1.90. The van der Waals surface area contributed by atoms with Gasteiger partial charge >= 0.3 is 6.18 Å². The number of nitrogens with zero attached hydrogens (tertiary/aromatic N) is 3. The molecule has 0 atom stereocenters. The second-order valence-corrected chi connectivity index (χ2v) is 5.40. The van der Waals surface area contributed by atoms with Gasteiger partial charge in [-0.25, -0.2) is 4.98 Å². The Morgan fingerprint density at radius 2 is 2.00 bits per heavy atom. The SMILES string of the molecule is C/C(=N/Nc1ccc(C(F)(F)F)cc1[N+](=O)[O-])c1nc2ccccc2[nH]1. The molecular weight excluding hydrogens is 351 g/mol. The highest BCUT2D eigenvalue weighted by Crippen LogP contribution is 2.35. The molecule has 0 aliphatic carbocycles. The smallest absolute Gasteiger partial charge is 0.337 e. The molecule has 0 aliphatic heterocycles. The molecule has 1 aromatic heterocycles. The highest BCUT2D eigenvalue weighted by molar-refractivity contribution is 5.98. The molecular formula is C16H12F3N5O2. The van der Waals surface area contributed by atoms with Crippen LogP contribution >= 0.6 is 0 Å². The van der Waals surface area contributed by atoms with Crippen LogP contribution in [0.5, 0.6) is 0 Å². The summed E-state index contributed by atoms with van der Waals surface area (Å²) in [6, 6.07) is 9.47. The number of rotatable bonds is 4. The van der Waals surface area contributed by atoms with Gasteiger partial charge in [0.2, 0.25) is 0 Å². The Morgan fingerprint density at radius 3 is 2.65 bits per heavy atom. The predicted molar refractivity (Wildman–Crippen MR) is 90.0 cm³/mol. The summed E-state index contributed by atoms with van der Waals surface area (Å²) in [6.07, 6.45) is -4.67. The van der Waals surface area contributed by atoms with Gasteiger partial charge in [0.25, 0.3) is 5.69 Å². The fourth-order valence-corrected chi connectivity index (χ4v) is 2.27. The summed E-state index contributed by atoms with van der Waals surface area (Å²) < 4.78 is 38.2. The minimum Gasteiger partial charge on any atom is -0.337 e. The van der Waals surface area contributed by atoms with E-state index in [4.69, 9.17) is 0 Å². The molecule has 2 N–H and O–H groups in total. The average molecular weight is 363 g/mol. The van der Waals surface area contributed by atoms with E-state index in [1.165, 1.54) is 0 Å². The third-order valence-electron chi connectivity index (χ3n) is 3.60. The first-order valence-corrected chi connectivity index (χ1v) is 7.37. The predicted octanol–water partition coefficient (Wildman–Crippen LogP) is 4.33. The highest BCUT2D eigenvalue weighted by atomic mass is 19.4. The number of nitro benzene ring substituents is 1. The average Bonchev–Trinajstić information content (AvgIpc) is 3.02. The molecule has 0 saturated heterocycles. The number of nitro groups is 1. The number of imidazole rings is 1. The van der Waals surface area contributed by atoms with Gasteiger partial charge in [-0.3, -0.25) is 15.5 Å². The summed E-state index contributed by atoms with van der Waals surface area (Å²) in [6.45, 7) is 1.61. The lowest BCUT2D eigenvalue weighted by Crippen LogP contribution is -2.07. The van der Waals surface area contributed by atoms with Crippen LogP contribution in [-0.4, -0.2) is 20.6 Å². The molecule has 0 saturated carbocycles. The zero-order valence-corrected chi connectivity index (χ0v) is 13.3. The maximum Gasteiger partial charge on any atom is 0.416 e. The van der Waals surface area contributed by atoms with Crippen LogP contribution in [0.15, 0.2) is 47.6 Å². The van der Waals surface area contributed by atoms with Crippen molar-refractivity contribution in [2.75, 3.05) is 5.43 Å². The first-order valence-electron chi connectivity index (χ1n) is 7.37. The van der Waals surface area contributed by atoms with Crippen molar-refractivity contribution in [3.05, 3.63) is 64.0 Å². The molecule has 0 amide bonds. The first-order chi connectivity index (χ1) is 12.3. The molecule has 0 radical (unpaired) electrons. The maximum absolute atomic E-state index is 12.7. The Morgan fingerprint density at radius 1 is 1.27 bits per heavy atom. The normalized spacial score (nSPS) is 12.4. The van der Waals surface area contributed by atoms with Crippen molar-refractivity contribution in [1.82, 2.24) is 9.97 Å². The van der Waals surface area contributed by atoms with Crippen molar-refractivity contribution in [1.29, 1.82) is 0 Å². The maximum atomic E-state index is 12.7. The summed E-state index contributed by atoms with van der Waals surface area (Å²) in [5, 5.41) is 15.0. The van der Waals surface area contributed by atoms with Gasteiger partial charge in [0.15, 0.2) is 5.82 Å². The Kier molecular flexibility index (Phi) is 4.33. The van der Waals surface area contributed by atoms with E-state index in [2.05, 4.69) is 20.5 Å². The van der Waals surface area contributed by atoms with Crippen LogP contribution in [0.3, 0.4) is 0 Å². The number of para-hydroxylation sites is 2. The van der Waals surface area contributed by atoms with Gasteiger partial charge in [0.05, 0.1) is 21.5 Å². The number of nitrogens with one attached hydrogen (secondary N) is 2. The number of hydrogen-bond acceptors (Lipinski definition) is 5. The lowest BCUT2D eigenvalue weighted by Gasteiger charge is -2.08. The molecule has 3 aromatic rings. The van der Waals surface area contributed by atoms with E-state index >= 15 is 0 Å². The summed E-state index contributed by atoms with van der Waals surface area (Å²) in [4.78, 5) is 17.5. The van der Waals surface area contributed by atoms with Crippen molar-refractivity contribution >= 4 is 28.1 Å². The quantitative estimate of drug-likeness (QED) is 0.410. The molecule has 134 valence electrons. The van der Waals surface area contributed by atoms with Crippen LogP contribution in [0.4, 0.5) is 24.5 Å². The van der Waals surface area contributed by atoms with E-state index in [0.29, 0.717) is 17.6 Å². The molecule has 26 heavy (non-hydrogen) atoms. The van der Waals surface area contributed by atoms with Gasteiger partial charge in [-0.2, -0.15) is 18.3 Å². The zero-order valence-electron chi connectivity index (χ0n) is 13.3. The van der Waals surface area contributed by atoms with E-state index in [1.807, 2.05) is 18.2 Å². The Bertz CT molecular complexity index is 978. The largest absolute Gasteiger partial charge is 0.416 e. The fourth-order valence-electron chi connectivity index (χ4n) is 2.27. The highest BCUT2D eigenvalue weighted by Gasteiger charge is 2.33. The van der Waals surface area contributed by atoms with E-state index in [1.54, 1.807) is 13.0 Å². The fraction of sp³-hybridized carbons (Fsp3) is 0.125. The summed E-state index contributed by atoms with van der Waals surface area (Å²) in [5.41, 5.74) is 2.35. The topological polar surface area (TPSA) is 96.2 Å². The second-order valence-electron chi connectivity index (χ2n) is 5.40. The Labute approximate surface area is 144 Å². The van der Waals surface area contributed by atoms with Gasteiger partial charge < -0.3 is 4.98 Å². The number of hydrazone groups is 1. The van der Waals surface area contributed by atoms with Crippen LogP contribution in [0.2, 0.25) is 0 Å². The molecule has 0 bridgehead atoms. The van der Waals surface area contributed by atoms with Crippen LogP contribution in [-0.2, 0) is 6.18 Å². The van der Waals surface area contributed by atoms with E-state index in [-0.39, 0.29) is 5.69 Å². The van der Waals surface area contributed by atoms with Gasteiger partial charge in [-0.1, -0.05) is 12.1 Å². The number of fused-ring (bicyclic) bond motifs is 1. The number of aromatic nitrogens is 2. The van der Waals surface area contributed by atoms with Crippen molar-refractivity contribution in [3.63, 3.8) is 0 Å². The van der Waals surface area contributed by atoms with E-state index in [0.717, 1.165) is 23.2 Å². The van der Waals surface area contributed by atoms with E-state index in [9.17, 15) is 23.3 Å². The third-order valence-corrected chi connectivity index (χ3v) is 3.60. The number of alkyl halides is 3. The van der Waals surface area contributed by atoms with Crippen LogP contribution in [0.25, 0.3) is 11.0 Å². The molecule has 1 heterocycles. The van der Waals surface area contributed by atoms with Crippen molar-refractivity contribution in [2.45, 2.75) is 13.1 Å². The molecule has 0 unspecified atom stereocenters. The van der Waals surface area contributed by atoms with Crippen molar-refractivity contribution < 1.29 is 18.1 Å². The molecule has 0 aliphatic rings. The molecule has 0 spiro atoms. The standard InChI is InChI=1S/C16H12F3N5O2/c1-9(15-20-11-4-2-3-5-12(11)21-15)22-23-13-7-6-10(16(17,18)19)8-14(13)24(25)26/h2-8,23H,1H3,(H,20,21)/b22-9-. The first kappa shape index (κ1) is 17.4. The summed E-state index contributed by atoms with van der Waals surface area (Å²) in [7, 11) is 0. The van der Waals surface area contributed by atoms with Gasteiger partial charge in [0.1, 0.15) is 11.4 Å². The summed E-state index contributed by atoms with van der Waals surface area (Å²) >= 11 is 0. The monoisotopic (exact) mass is 363 g/mol. The number of halogens is 3. The molecule has 10 heteroatoms. The van der Waals surface area contributed by atoms with Crippen LogP contribution < -0.4 is 5.43 Å². The second kappa shape index (κ2) is 6.47. The minimum atomic E-state index is -4.67. The van der Waals surface area contributed by atoms with Crippen molar-refractivity contribution in [2.24, 2.45) is 5.10 Å². The molecule has 7 nitrogen and oxygen atoms in total. The minimum absolute atomic E-state index is 0.154. The molecule has 3 rings (SSSR count). The van der Waals surface area contributed by atoms with Crippen LogP contribution in [0.1, 0.15) is 18.3 Å². The van der Waals surface area contributed by atoms with Crippen molar-refractivity contribution in [3.8, 4) is 0 Å². The number of anilines is 1. The number of H-pyrrole nitrogens is 1. The van der Waals surface area contributed by atoms with Crippen LogP contribution in [0, 0.1) is 10.1 Å². The number of aromatic amines is 1. The number of hydrogen-bond donors (Lipinski definition) is 2. The lowest BCUT2D eigenvalue weighted by atomic mass is 10.1. The Hall–Kier alpha value is -3.43. The molecule has 0 fully saturated rings.